The molecular formula is C10H6ClN5S. The Hall–Kier alpha value is -1.79. The minimum Gasteiger partial charge on any atom is -0.254 e. The van der Waals surface area contributed by atoms with Gasteiger partial charge in [0.05, 0.1) is 16.2 Å². The van der Waals surface area contributed by atoms with Crippen LogP contribution in [0, 0.1) is 4.77 Å². The van der Waals surface area contributed by atoms with E-state index in [4.69, 9.17) is 23.8 Å². The molecule has 7 heteroatoms. The van der Waals surface area contributed by atoms with Gasteiger partial charge in [-0.1, -0.05) is 21.9 Å². The van der Waals surface area contributed by atoms with E-state index in [1.807, 2.05) is 18.2 Å². The first-order chi connectivity index (χ1) is 8.27. The van der Waals surface area contributed by atoms with E-state index in [1.54, 1.807) is 16.9 Å². The number of nitrogens with one attached hydrogen (secondary N) is 1. The van der Waals surface area contributed by atoms with Crippen molar-refractivity contribution in [2.75, 3.05) is 0 Å². The first kappa shape index (κ1) is 10.4. The Bertz CT molecular complexity index is 748. The molecule has 84 valence electrons. The molecule has 0 saturated carbocycles. The normalized spacial score (nSPS) is 10.9. The van der Waals surface area contributed by atoms with Gasteiger partial charge in [0.15, 0.2) is 0 Å². The van der Waals surface area contributed by atoms with Crippen molar-refractivity contribution in [1.82, 2.24) is 25.2 Å². The second-order valence-corrected chi connectivity index (χ2v) is 4.16. The number of fused-ring (bicyclic) bond motifs is 1. The van der Waals surface area contributed by atoms with Crippen LogP contribution in [0.4, 0.5) is 0 Å². The van der Waals surface area contributed by atoms with Crippen molar-refractivity contribution in [3.63, 3.8) is 0 Å². The van der Waals surface area contributed by atoms with Gasteiger partial charge in [0.2, 0.25) is 4.77 Å². The first-order valence-corrected chi connectivity index (χ1v) is 5.60. The SMILES string of the molecule is S=c1nn[nH]n1-c1ccc(Cl)c2cccnc12. The number of benzene rings is 1. The summed E-state index contributed by atoms with van der Waals surface area (Å²) in [6.45, 7) is 0. The highest BCUT2D eigenvalue weighted by Crippen LogP contribution is 2.26. The summed E-state index contributed by atoms with van der Waals surface area (Å²) in [7, 11) is 0. The Morgan fingerprint density at radius 2 is 2.18 bits per heavy atom. The topological polar surface area (TPSA) is 59.4 Å². The van der Waals surface area contributed by atoms with Crippen LogP contribution >= 0.6 is 23.8 Å². The molecule has 3 rings (SSSR count). The molecule has 17 heavy (non-hydrogen) atoms. The third-order valence-electron chi connectivity index (χ3n) is 2.41. The highest BCUT2D eigenvalue weighted by molar-refractivity contribution is 7.71. The summed E-state index contributed by atoms with van der Waals surface area (Å²) in [5.74, 6) is 0. The molecule has 3 aromatic rings. The molecule has 1 aromatic carbocycles. The van der Waals surface area contributed by atoms with Crippen LogP contribution in [0.15, 0.2) is 30.5 Å². The van der Waals surface area contributed by atoms with E-state index in [0.29, 0.717) is 9.79 Å². The van der Waals surface area contributed by atoms with Crippen LogP contribution in [0.1, 0.15) is 0 Å². The fourth-order valence-electron chi connectivity index (χ4n) is 1.66. The quantitative estimate of drug-likeness (QED) is 0.686. The number of tetrazole rings is 1. The summed E-state index contributed by atoms with van der Waals surface area (Å²) >= 11 is 11.2. The Balaban J connectivity index is 2.43. The second-order valence-electron chi connectivity index (χ2n) is 3.38. The van der Waals surface area contributed by atoms with Crippen molar-refractivity contribution in [2.24, 2.45) is 0 Å². The molecule has 1 N–H and O–H groups in total. The molecule has 0 unspecified atom stereocenters. The van der Waals surface area contributed by atoms with E-state index in [-0.39, 0.29) is 0 Å². The summed E-state index contributed by atoms with van der Waals surface area (Å²) in [6.07, 6.45) is 1.70. The molecule has 0 aliphatic heterocycles. The van der Waals surface area contributed by atoms with Crippen molar-refractivity contribution in [3.8, 4) is 5.69 Å². The monoisotopic (exact) mass is 263 g/mol. The van der Waals surface area contributed by atoms with E-state index in [9.17, 15) is 0 Å². The molecule has 0 saturated heterocycles. The lowest BCUT2D eigenvalue weighted by Crippen LogP contribution is -1.99. The first-order valence-electron chi connectivity index (χ1n) is 4.81. The summed E-state index contributed by atoms with van der Waals surface area (Å²) in [4.78, 5) is 4.31. The zero-order valence-corrected chi connectivity index (χ0v) is 10.0. The molecule has 5 nitrogen and oxygen atoms in total. The van der Waals surface area contributed by atoms with Crippen LogP contribution in [-0.2, 0) is 0 Å². The van der Waals surface area contributed by atoms with Gasteiger partial charge >= 0.3 is 0 Å². The fraction of sp³-hybridized carbons (Fsp3) is 0. The largest absolute Gasteiger partial charge is 0.254 e. The van der Waals surface area contributed by atoms with E-state index in [2.05, 4.69) is 20.5 Å². The van der Waals surface area contributed by atoms with Gasteiger partial charge in [0.25, 0.3) is 0 Å². The average Bonchev–Trinajstić information content (AvgIpc) is 2.77. The highest BCUT2D eigenvalue weighted by atomic mass is 35.5. The Morgan fingerprint density at radius 1 is 1.29 bits per heavy atom. The lowest BCUT2D eigenvalue weighted by molar-refractivity contribution is 0.789. The summed E-state index contributed by atoms with van der Waals surface area (Å²) < 4.78 is 1.93. The van der Waals surface area contributed by atoms with Gasteiger partial charge in [-0.3, -0.25) is 4.98 Å². The smallest absolute Gasteiger partial charge is 0.242 e. The molecule has 0 spiro atoms. The minimum atomic E-state index is 0.347. The van der Waals surface area contributed by atoms with Gasteiger partial charge in [-0.15, -0.1) is 0 Å². The van der Waals surface area contributed by atoms with Crippen molar-refractivity contribution in [2.45, 2.75) is 0 Å². The molecule has 0 bridgehead atoms. The minimum absolute atomic E-state index is 0.347. The van der Waals surface area contributed by atoms with E-state index in [0.717, 1.165) is 16.6 Å². The molecule has 0 amide bonds. The number of aromatic amines is 1. The summed E-state index contributed by atoms with van der Waals surface area (Å²) in [6, 6.07) is 7.36. The third-order valence-corrected chi connectivity index (χ3v) is 3.00. The fourth-order valence-corrected chi connectivity index (χ4v) is 2.05. The predicted molar refractivity (Wildman–Crippen MR) is 66.9 cm³/mol. The van der Waals surface area contributed by atoms with Crippen molar-refractivity contribution in [1.29, 1.82) is 0 Å². The average molecular weight is 264 g/mol. The van der Waals surface area contributed by atoms with Crippen LogP contribution in [-0.4, -0.2) is 25.2 Å². The molecule has 0 aliphatic carbocycles. The number of pyridine rings is 1. The third kappa shape index (κ3) is 1.62. The Kier molecular flexibility index (Phi) is 2.38. The van der Waals surface area contributed by atoms with Crippen LogP contribution in [0.5, 0.6) is 0 Å². The molecular weight excluding hydrogens is 258 g/mol. The molecule has 2 aromatic heterocycles. The Labute approximate surface area is 106 Å². The maximum absolute atomic E-state index is 6.11. The summed E-state index contributed by atoms with van der Waals surface area (Å²) in [5.41, 5.74) is 1.53. The van der Waals surface area contributed by atoms with Crippen molar-refractivity contribution in [3.05, 3.63) is 40.3 Å². The zero-order valence-electron chi connectivity index (χ0n) is 8.46. The second kappa shape index (κ2) is 3.90. The maximum atomic E-state index is 6.11. The van der Waals surface area contributed by atoms with E-state index < -0.39 is 0 Å². The van der Waals surface area contributed by atoms with Gasteiger partial charge < -0.3 is 0 Å². The number of rotatable bonds is 1. The number of H-pyrrole nitrogens is 1. The lowest BCUT2D eigenvalue weighted by atomic mass is 10.2. The number of nitrogens with zero attached hydrogens (tertiary/aromatic N) is 4. The van der Waals surface area contributed by atoms with Crippen molar-refractivity contribution < 1.29 is 0 Å². The molecule has 0 aliphatic rings. The van der Waals surface area contributed by atoms with E-state index in [1.165, 1.54) is 0 Å². The zero-order chi connectivity index (χ0) is 11.8. The van der Waals surface area contributed by atoms with Crippen molar-refractivity contribution >= 4 is 34.7 Å². The molecule has 0 atom stereocenters. The van der Waals surface area contributed by atoms with Gasteiger partial charge in [-0.25, -0.2) is 4.68 Å². The summed E-state index contributed by atoms with van der Waals surface area (Å²) in [5, 5.41) is 11.6. The van der Waals surface area contributed by atoms with Gasteiger partial charge in [0.1, 0.15) is 0 Å². The Morgan fingerprint density at radius 3 is 2.94 bits per heavy atom. The standard InChI is InChI=1S/C10H6ClN5S/c11-7-3-4-8(16-10(17)13-14-15-16)9-6(7)2-1-5-12-9/h1-5H,(H,13,15,17). The number of hydrogen-bond acceptors (Lipinski definition) is 4. The molecule has 0 radical (unpaired) electrons. The number of hydrogen-bond donors (Lipinski definition) is 1. The predicted octanol–water partition coefficient (Wildman–Crippen LogP) is 2.53. The van der Waals surface area contributed by atoms with Gasteiger partial charge in [-0.2, -0.15) is 5.21 Å². The van der Waals surface area contributed by atoms with Crippen LogP contribution in [0.2, 0.25) is 5.02 Å². The molecule has 0 fully saturated rings. The molecule has 2 heterocycles. The highest BCUT2D eigenvalue weighted by Gasteiger charge is 2.08. The lowest BCUT2D eigenvalue weighted by Gasteiger charge is -2.06. The van der Waals surface area contributed by atoms with E-state index >= 15 is 0 Å². The van der Waals surface area contributed by atoms with Crippen LogP contribution in [0.3, 0.4) is 0 Å². The number of halogens is 1. The van der Waals surface area contributed by atoms with Crippen LogP contribution in [0.25, 0.3) is 16.6 Å². The number of aromatic nitrogens is 5. The van der Waals surface area contributed by atoms with Crippen LogP contribution < -0.4 is 0 Å². The van der Waals surface area contributed by atoms with Gasteiger partial charge in [0, 0.05) is 11.6 Å². The van der Waals surface area contributed by atoms with Gasteiger partial charge in [-0.05, 0) is 36.5 Å². The maximum Gasteiger partial charge on any atom is 0.242 e.